The predicted molar refractivity (Wildman–Crippen MR) is 103 cm³/mol. The molecule has 2 aromatic carbocycles. The van der Waals surface area contributed by atoms with Crippen molar-refractivity contribution in [2.24, 2.45) is 0 Å². The lowest BCUT2D eigenvalue weighted by Gasteiger charge is -2.29. The summed E-state index contributed by atoms with van der Waals surface area (Å²) in [7, 11) is 0. The first-order valence-corrected chi connectivity index (χ1v) is 9.18. The summed E-state index contributed by atoms with van der Waals surface area (Å²) in [5.74, 6) is 1.22. The van der Waals surface area contributed by atoms with Crippen molar-refractivity contribution in [3.05, 3.63) is 76.7 Å². The molecule has 1 aliphatic heterocycles. The molecule has 5 heteroatoms. The quantitative estimate of drug-likeness (QED) is 0.687. The molecule has 27 heavy (non-hydrogen) atoms. The molecule has 1 amide bonds. The van der Waals surface area contributed by atoms with Gasteiger partial charge in [-0.3, -0.25) is 4.79 Å². The maximum absolute atomic E-state index is 13.2. The monoisotopic (exact) mass is 362 g/mol. The van der Waals surface area contributed by atoms with Gasteiger partial charge in [-0.15, -0.1) is 0 Å². The van der Waals surface area contributed by atoms with Crippen LogP contribution in [0.15, 0.2) is 53.1 Å². The third-order valence-corrected chi connectivity index (χ3v) is 4.91. The van der Waals surface area contributed by atoms with E-state index in [4.69, 9.17) is 9.26 Å². The van der Waals surface area contributed by atoms with Gasteiger partial charge in [0.2, 0.25) is 0 Å². The molecule has 0 unspecified atom stereocenters. The average molecular weight is 362 g/mol. The number of carbonyl (C=O) groups is 1. The van der Waals surface area contributed by atoms with Crippen molar-refractivity contribution in [3.63, 3.8) is 0 Å². The Hall–Kier alpha value is -3.08. The first-order valence-electron chi connectivity index (χ1n) is 9.18. The van der Waals surface area contributed by atoms with E-state index in [9.17, 15) is 4.79 Å². The summed E-state index contributed by atoms with van der Waals surface area (Å²) in [4.78, 5) is 15.0. The molecule has 5 nitrogen and oxygen atoms in total. The van der Waals surface area contributed by atoms with E-state index in [0.29, 0.717) is 23.6 Å². The van der Waals surface area contributed by atoms with Crippen LogP contribution in [0.5, 0.6) is 5.75 Å². The molecule has 0 aliphatic carbocycles. The number of fused-ring (bicyclic) bond motifs is 1. The van der Waals surface area contributed by atoms with Crippen molar-refractivity contribution < 1.29 is 14.1 Å². The zero-order chi connectivity index (χ0) is 18.8. The van der Waals surface area contributed by atoms with Crippen molar-refractivity contribution in [2.45, 2.75) is 33.3 Å². The molecule has 0 bridgehead atoms. The van der Waals surface area contributed by atoms with Gasteiger partial charge in [-0.1, -0.05) is 41.1 Å². The van der Waals surface area contributed by atoms with Crippen LogP contribution in [0.25, 0.3) is 0 Å². The maximum Gasteiger partial charge on any atom is 0.280 e. The number of aryl methyl sites for hydroxylation is 3. The van der Waals surface area contributed by atoms with Crippen LogP contribution in [0.4, 0.5) is 5.69 Å². The summed E-state index contributed by atoms with van der Waals surface area (Å²) < 4.78 is 11.1. The fourth-order valence-electron chi connectivity index (χ4n) is 3.47. The van der Waals surface area contributed by atoms with E-state index in [2.05, 4.69) is 18.1 Å². The molecule has 0 saturated heterocycles. The van der Waals surface area contributed by atoms with Crippen LogP contribution in [-0.2, 0) is 13.0 Å². The third kappa shape index (κ3) is 3.45. The summed E-state index contributed by atoms with van der Waals surface area (Å²) in [6.07, 6.45) is 1.93. The van der Waals surface area contributed by atoms with Crippen LogP contribution in [0.1, 0.15) is 39.4 Å². The predicted octanol–water partition coefficient (Wildman–Crippen LogP) is 4.46. The third-order valence-electron chi connectivity index (χ3n) is 4.91. The molecular formula is C22H22N2O3. The first-order chi connectivity index (χ1) is 13.1. The molecule has 0 N–H and O–H groups in total. The van der Waals surface area contributed by atoms with E-state index in [1.54, 1.807) is 6.92 Å². The van der Waals surface area contributed by atoms with Crippen LogP contribution in [-0.4, -0.2) is 17.6 Å². The Kier molecular flexibility index (Phi) is 4.67. The van der Waals surface area contributed by atoms with Gasteiger partial charge < -0.3 is 14.2 Å². The molecule has 0 radical (unpaired) electrons. The Morgan fingerprint density at radius 1 is 1.19 bits per heavy atom. The van der Waals surface area contributed by atoms with Crippen LogP contribution >= 0.6 is 0 Å². The smallest absolute Gasteiger partial charge is 0.280 e. The Balaban J connectivity index is 1.60. The number of amides is 1. The lowest BCUT2D eigenvalue weighted by molar-refractivity contribution is 0.0974. The Bertz CT molecular complexity index is 963. The topological polar surface area (TPSA) is 55.6 Å². The fraction of sp³-hybridized carbons (Fsp3) is 0.273. The van der Waals surface area contributed by atoms with Crippen LogP contribution < -0.4 is 9.64 Å². The van der Waals surface area contributed by atoms with E-state index < -0.39 is 0 Å². The molecular weight excluding hydrogens is 340 g/mol. The van der Waals surface area contributed by atoms with Gasteiger partial charge in [0.05, 0.1) is 5.56 Å². The average Bonchev–Trinajstić information content (AvgIpc) is 3.06. The summed E-state index contributed by atoms with van der Waals surface area (Å²) in [5, 5.41) is 4.05. The fourth-order valence-corrected chi connectivity index (χ4v) is 3.47. The Morgan fingerprint density at radius 2 is 2.00 bits per heavy atom. The largest absolute Gasteiger partial charge is 0.489 e. The van der Waals surface area contributed by atoms with Crippen molar-refractivity contribution in [1.82, 2.24) is 5.16 Å². The number of hydrogen-bond acceptors (Lipinski definition) is 4. The second-order valence-electron chi connectivity index (χ2n) is 6.86. The molecule has 138 valence electrons. The lowest BCUT2D eigenvalue weighted by atomic mass is 9.99. The second-order valence-corrected chi connectivity index (χ2v) is 6.86. The molecule has 0 fully saturated rings. The minimum absolute atomic E-state index is 0.136. The van der Waals surface area contributed by atoms with Gasteiger partial charge in [0.1, 0.15) is 18.1 Å². The summed E-state index contributed by atoms with van der Waals surface area (Å²) in [6, 6.07) is 15.7. The Morgan fingerprint density at radius 3 is 2.81 bits per heavy atom. The number of carbonyl (C=O) groups excluding carboxylic acids is 1. The van der Waals surface area contributed by atoms with Gasteiger partial charge >= 0.3 is 0 Å². The van der Waals surface area contributed by atoms with Crippen molar-refractivity contribution in [3.8, 4) is 5.75 Å². The van der Waals surface area contributed by atoms with Gasteiger partial charge in [-0.25, -0.2) is 0 Å². The minimum Gasteiger partial charge on any atom is -0.489 e. The number of ether oxygens (including phenoxy) is 1. The van der Waals surface area contributed by atoms with Gasteiger partial charge in [0.25, 0.3) is 5.91 Å². The standard InChI is InChI=1S/C22H22N2O3/c1-15-10-11-20-17(13-15)7-6-12-24(20)22(25)21-19(16(2)27-23-21)14-26-18-8-4-3-5-9-18/h3-5,8-11,13H,6-7,12,14H2,1-2H3. The van der Waals surface area contributed by atoms with Crippen LogP contribution in [0, 0.1) is 13.8 Å². The van der Waals surface area contributed by atoms with Gasteiger partial charge in [-0.2, -0.15) is 0 Å². The highest BCUT2D eigenvalue weighted by atomic mass is 16.5. The maximum atomic E-state index is 13.2. The molecule has 3 aromatic rings. The van der Waals surface area contributed by atoms with Crippen molar-refractivity contribution in [1.29, 1.82) is 0 Å². The zero-order valence-electron chi connectivity index (χ0n) is 15.6. The highest BCUT2D eigenvalue weighted by molar-refractivity contribution is 6.06. The van der Waals surface area contributed by atoms with Gasteiger partial charge in [0.15, 0.2) is 5.69 Å². The lowest BCUT2D eigenvalue weighted by Crippen LogP contribution is -2.36. The number of anilines is 1. The van der Waals surface area contributed by atoms with Crippen molar-refractivity contribution >= 4 is 11.6 Å². The molecule has 4 rings (SSSR count). The summed E-state index contributed by atoms with van der Waals surface area (Å²) in [6.45, 7) is 4.80. The Labute approximate surface area is 158 Å². The van der Waals surface area contributed by atoms with E-state index in [1.807, 2.05) is 47.4 Å². The van der Waals surface area contributed by atoms with E-state index in [0.717, 1.165) is 24.3 Å². The molecule has 0 atom stereocenters. The number of nitrogens with zero attached hydrogens (tertiary/aromatic N) is 2. The minimum atomic E-state index is -0.136. The SMILES string of the molecule is Cc1ccc2c(c1)CCCN2C(=O)c1noc(C)c1COc1ccccc1. The molecule has 2 heterocycles. The zero-order valence-corrected chi connectivity index (χ0v) is 15.6. The highest BCUT2D eigenvalue weighted by Crippen LogP contribution is 2.30. The molecule has 0 spiro atoms. The highest BCUT2D eigenvalue weighted by Gasteiger charge is 2.29. The normalized spacial score (nSPS) is 13.3. The van der Waals surface area contributed by atoms with Crippen LogP contribution in [0.3, 0.4) is 0 Å². The van der Waals surface area contributed by atoms with E-state index in [-0.39, 0.29) is 12.5 Å². The van der Waals surface area contributed by atoms with E-state index in [1.165, 1.54) is 11.1 Å². The number of benzene rings is 2. The molecule has 1 aromatic heterocycles. The second kappa shape index (κ2) is 7.27. The van der Waals surface area contributed by atoms with Gasteiger partial charge in [-0.05, 0) is 50.5 Å². The van der Waals surface area contributed by atoms with Crippen molar-refractivity contribution in [2.75, 3.05) is 11.4 Å². The van der Waals surface area contributed by atoms with Gasteiger partial charge in [0, 0.05) is 12.2 Å². The number of rotatable bonds is 4. The number of aromatic nitrogens is 1. The number of para-hydroxylation sites is 1. The summed E-state index contributed by atoms with van der Waals surface area (Å²) in [5.41, 5.74) is 4.40. The molecule has 0 saturated carbocycles. The number of hydrogen-bond donors (Lipinski definition) is 0. The summed E-state index contributed by atoms with van der Waals surface area (Å²) >= 11 is 0. The van der Waals surface area contributed by atoms with Crippen LogP contribution in [0.2, 0.25) is 0 Å². The first kappa shape index (κ1) is 17.3. The van der Waals surface area contributed by atoms with E-state index >= 15 is 0 Å². The molecule has 1 aliphatic rings.